The number of hydrogen-bond acceptors (Lipinski definition) is 3. The number of nitrogens with one attached hydrogen (secondary N) is 1. The van der Waals surface area contributed by atoms with Gasteiger partial charge in [0.25, 0.3) is 0 Å². The Labute approximate surface area is 151 Å². The van der Waals surface area contributed by atoms with Crippen LogP contribution in [0.15, 0.2) is 48.5 Å². The summed E-state index contributed by atoms with van der Waals surface area (Å²) >= 11 is 0. The molecule has 0 bridgehead atoms. The molecule has 2 unspecified atom stereocenters. The third kappa shape index (κ3) is 5.58. The van der Waals surface area contributed by atoms with Crippen LogP contribution in [-0.4, -0.2) is 24.1 Å². The smallest absolute Gasteiger partial charge is 0.305 e. The first-order valence-electron chi connectivity index (χ1n) is 8.29. The molecule has 0 spiro atoms. The molecule has 0 saturated carbocycles. The molecule has 26 heavy (non-hydrogen) atoms. The van der Waals surface area contributed by atoms with Gasteiger partial charge in [-0.25, -0.2) is 4.39 Å². The van der Waals surface area contributed by atoms with E-state index < -0.39 is 17.8 Å². The molecule has 2 aromatic rings. The number of carbonyl (C=O) groups excluding carboxylic acids is 1. The third-order valence-electron chi connectivity index (χ3n) is 4.16. The number of carboxylic acids is 1. The summed E-state index contributed by atoms with van der Waals surface area (Å²) in [5, 5.41) is 11.8. The second-order valence-corrected chi connectivity index (χ2v) is 6.15. The Balaban J connectivity index is 2.03. The van der Waals surface area contributed by atoms with Crippen LogP contribution in [0.25, 0.3) is 0 Å². The van der Waals surface area contributed by atoms with Crippen molar-refractivity contribution in [2.75, 3.05) is 7.11 Å². The molecule has 0 radical (unpaired) electrons. The quantitative estimate of drug-likeness (QED) is 0.754. The number of rotatable bonds is 8. The predicted octanol–water partition coefficient (Wildman–Crippen LogP) is 3.66. The van der Waals surface area contributed by atoms with Crippen LogP contribution in [0.5, 0.6) is 5.75 Å². The van der Waals surface area contributed by atoms with E-state index >= 15 is 0 Å². The molecule has 0 aliphatic rings. The van der Waals surface area contributed by atoms with Crippen LogP contribution in [-0.2, 0) is 9.59 Å². The third-order valence-corrected chi connectivity index (χ3v) is 4.16. The monoisotopic (exact) mass is 359 g/mol. The van der Waals surface area contributed by atoms with Gasteiger partial charge in [-0.2, -0.15) is 0 Å². The molecule has 1 amide bonds. The van der Waals surface area contributed by atoms with E-state index in [-0.39, 0.29) is 24.7 Å². The van der Waals surface area contributed by atoms with E-state index in [1.54, 1.807) is 7.11 Å². The molecule has 0 heterocycles. The fraction of sp³-hybridized carbons (Fsp3) is 0.300. The highest BCUT2D eigenvalue weighted by Gasteiger charge is 2.20. The molecule has 0 aromatic heterocycles. The van der Waals surface area contributed by atoms with Crippen molar-refractivity contribution >= 4 is 11.9 Å². The number of carbonyl (C=O) groups is 2. The van der Waals surface area contributed by atoms with Crippen molar-refractivity contribution in [1.82, 2.24) is 5.32 Å². The Bertz CT molecular complexity index is 743. The minimum absolute atomic E-state index is 0.0420. The number of amides is 1. The van der Waals surface area contributed by atoms with Crippen molar-refractivity contribution in [3.63, 3.8) is 0 Å². The summed E-state index contributed by atoms with van der Waals surface area (Å²) < 4.78 is 18.2. The summed E-state index contributed by atoms with van der Waals surface area (Å²) in [4.78, 5) is 23.5. The van der Waals surface area contributed by atoms with Crippen molar-refractivity contribution in [3.05, 3.63) is 65.5 Å². The number of benzene rings is 2. The molecular weight excluding hydrogens is 337 g/mol. The molecular formula is C20H22FNO4. The topological polar surface area (TPSA) is 75.6 Å². The van der Waals surface area contributed by atoms with Gasteiger partial charge in [0.05, 0.1) is 19.6 Å². The van der Waals surface area contributed by atoms with E-state index in [0.29, 0.717) is 5.56 Å². The van der Waals surface area contributed by atoms with Gasteiger partial charge < -0.3 is 15.2 Å². The largest absolute Gasteiger partial charge is 0.497 e. The van der Waals surface area contributed by atoms with E-state index in [1.165, 1.54) is 24.3 Å². The van der Waals surface area contributed by atoms with Crippen LogP contribution >= 0.6 is 0 Å². The molecule has 0 saturated heterocycles. The maximum absolute atomic E-state index is 13.1. The Morgan fingerprint density at radius 2 is 1.62 bits per heavy atom. The lowest BCUT2D eigenvalue weighted by Crippen LogP contribution is -2.30. The molecule has 2 rings (SSSR count). The Morgan fingerprint density at radius 1 is 1.04 bits per heavy atom. The van der Waals surface area contributed by atoms with Gasteiger partial charge in [-0.3, -0.25) is 9.59 Å². The fourth-order valence-corrected chi connectivity index (χ4v) is 2.70. The van der Waals surface area contributed by atoms with Crippen molar-refractivity contribution < 1.29 is 23.8 Å². The van der Waals surface area contributed by atoms with Gasteiger partial charge in [0.15, 0.2) is 0 Å². The van der Waals surface area contributed by atoms with Crippen molar-refractivity contribution in [3.8, 4) is 5.75 Å². The first kappa shape index (κ1) is 19.4. The van der Waals surface area contributed by atoms with Crippen molar-refractivity contribution in [2.24, 2.45) is 0 Å². The van der Waals surface area contributed by atoms with Crippen LogP contribution in [0.4, 0.5) is 4.39 Å². The van der Waals surface area contributed by atoms with Gasteiger partial charge in [-0.15, -0.1) is 0 Å². The molecule has 0 aliphatic carbocycles. The first-order valence-corrected chi connectivity index (χ1v) is 8.29. The second-order valence-electron chi connectivity index (χ2n) is 6.15. The number of hydrogen-bond donors (Lipinski definition) is 2. The molecule has 2 aromatic carbocycles. The number of carboxylic acid groups (broad SMARTS) is 1. The summed E-state index contributed by atoms with van der Waals surface area (Å²) in [5.41, 5.74) is 1.54. The number of aliphatic carboxylic acids is 1. The number of halogens is 1. The zero-order valence-electron chi connectivity index (χ0n) is 14.7. The number of ether oxygens (including phenoxy) is 1. The summed E-state index contributed by atoms with van der Waals surface area (Å²) in [6.45, 7) is 1.92. The highest BCUT2D eigenvalue weighted by atomic mass is 19.1. The number of methoxy groups -OCH3 is 1. The standard InChI is InChI=1S/C20H22FNO4/c1-13(14-5-9-17(26-2)10-6-14)11-19(23)22-18(12-20(24)25)15-3-7-16(21)8-4-15/h3-10,13,18H,11-12H2,1-2H3,(H,22,23)(H,24,25). The van der Waals surface area contributed by atoms with E-state index in [1.807, 2.05) is 31.2 Å². The fourth-order valence-electron chi connectivity index (χ4n) is 2.70. The highest BCUT2D eigenvalue weighted by Crippen LogP contribution is 2.23. The van der Waals surface area contributed by atoms with Crippen LogP contribution in [0.1, 0.15) is 42.9 Å². The second kappa shape index (κ2) is 8.99. The van der Waals surface area contributed by atoms with Gasteiger partial charge in [-0.1, -0.05) is 31.2 Å². The zero-order chi connectivity index (χ0) is 19.1. The summed E-state index contributed by atoms with van der Waals surface area (Å²) in [5.74, 6) is -1.02. The minimum Gasteiger partial charge on any atom is -0.497 e. The van der Waals surface area contributed by atoms with E-state index in [2.05, 4.69) is 5.32 Å². The van der Waals surface area contributed by atoms with Crippen LogP contribution < -0.4 is 10.1 Å². The Hall–Kier alpha value is -2.89. The molecule has 0 aliphatic heterocycles. The maximum Gasteiger partial charge on any atom is 0.305 e. The van der Waals surface area contributed by atoms with Gasteiger partial charge >= 0.3 is 5.97 Å². The predicted molar refractivity (Wildman–Crippen MR) is 95.6 cm³/mol. The van der Waals surface area contributed by atoms with Crippen LogP contribution in [0.2, 0.25) is 0 Å². The highest BCUT2D eigenvalue weighted by molar-refractivity contribution is 5.78. The van der Waals surface area contributed by atoms with Crippen molar-refractivity contribution in [2.45, 2.75) is 31.7 Å². The summed E-state index contributed by atoms with van der Waals surface area (Å²) in [7, 11) is 1.59. The van der Waals surface area contributed by atoms with Crippen LogP contribution in [0, 0.1) is 5.82 Å². The van der Waals surface area contributed by atoms with Crippen molar-refractivity contribution in [1.29, 1.82) is 0 Å². The van der Waals surface area contributed by atoms with E-state index in [0.717, 1.165) is 11.3 Å². The first-order chi connectivity index (χ1) is 12.4. The SMILES string of the molecule is COc1ccc(C(C)CC(=O)NC(CC(=O)O)c2ccc(F)cc2)cc1. The van der Waals surface area contributed by atoms with Gasteiger partial charge in [-0.05, 0) is 41.3 Å². The molecule has 5 nitrogen and oxygen atoms in total. The summed E-state index contributed by atoms with van der Waals surface area (Å²) in [6, 6.07) is 12.2. The Kier molecular flexibility index (Phi) is 6.72. The molecule has 2 N–H and O–H groups in total. The summed E-state index contributed by atoms with van der Waals surface area (Å²) in [6.07, 6.45) is -0.0576. The van der Waals surface area contributed by atoms with Gasteiger partial charge in [0.2, 0.25) is 5.91 Å². The lowest BCUT2D eigenvalue weighted by atomic mass is 9.96. The minimum atomic E-state index is -1.04. The van der Waals surface area contributed by atoms with Crippen LogP contribution in [0.3, 0.4) is 0 Å². The zero-order valence-corrected chi connectivity index (χ0v) is 14.7. The molecule has 6 heteroatoms. The molecule has 2 atom stereocenters. The van der Waals surface area contributed by atoms with E-state index in [9.17, 15) is 14.0 Å². The molecule has 138 valence electrons. The normalized spacial score (nSPS) is 12.9. The lowest BCUT2D eigenvalue weighted by molar-refractivity contribution is -0.137. The Morgan fingerprint density at radius 3 is 2.15 bits per heavy atom. The van der Waals surface area contributed by atoms with Gasteiger partial charge in [0, 0.05) is 6.42 Å². The molecule has 0 fully saturated rings. The lowest BCUT2D eigenvalue weighted by Gasteiger charge is -2.19. The van der Waals surface area contributed by atoms with E-state index in [4.69, 9.17) is 9.84 Å². The van der Waals surface area contributed by atoms with Gasteiger partial charge in [0.1, 0.15) is 11.6 Å². The average Bonchev–Trinajstić information content (AvgIpc) is 2.61. The average molecular weight is 359 g/mol. The maximum atomic E-state index is 13.1.